The van der Waals surface area contributed by atoms with Crippen LogP contribution in [0.3, 0.4) is 0 Å². The van der Waals surface area contributed by atoms with Crippen molar-refractivity contribution in [3.63, 3.8) is 0 Å². The lowest BCUT2D eigenvalue weighted by Crippen LogP contribution is -2.09. The average Bonchev–Trinajstić information content (AvgIpc) is 3.60. The molecule has 6 heterocycles. The Bertz CT molecular complexity index is 1740. The Labute approximate surface area is 211 Å². The second-order valence-corrected chi connectivity index (χ2v) is 10.1. The van der Waals surface area contributed by atoms with Crippen molar-refractivity contribution in [3.8, 4) is 33.2 Å². The molecule has 36 heavy (non-hydrogen) atoms. The normalized spacial score (nSPS) is 11.6. The van der Waals surface area contributed by atoms with E-state index in [1.54, 1.807) is 17.5 Å². The van der Waals surface area contributed by atoms with Gasteiger partial charge in [0.2, 0.25) is 0 Å². The van der Waals surface area contributed by atoms with Crippen molar-refractivity contribution in [1.82, 2.24) is 35.1 Å². The number of allylic oxidation sites excluding steroid dienone is 1. The molecule has 0 fully saturated rings. The Morgan fingerprint density at radius 3 is 2.78 bits per heavy atom. The molecular weight excluding hydrogens is 468 g/mol. The molecule has 8 nitrogen and oxygen atoms in total. The minimum Gasteiger partial charge on any atom is -0.382 e. The van der Waals surface area contributed by atoms with Crippen LogP contribution < -0.4 is 5.32 Å². The molecule has 0 radical (unpaired) electrons. The van der Waals surface area contributed by atoms with Gasteiger partial charge in [0.15, 0.2) is 17.2 Å². The van der Waals surface area contributed by atoms with E-state index in [1.807, 2.05) is 37.5 Å². The van der Waals surface area contributed by atoms with Gasteiger partial charge in [0.25, 0.3) is 0 Å². The lowest BCUT2D eigenvalue weighted by atomic mass is 10.1. The highest BCUT2D eigenvalue weighted by atomic mass is 32.1. The van der Waals surface area contributed by atoms with E-state index in [2.05, 4.69) is 69.1 Å². The average molecular weight is 493 g/mol. The second-order valence-electron chi connectivity index (χ2n) is 9.01. The maximum atomic E-state index is 4.93. The van der Waals surface area contributed by atoms with E-state index in [-0.39, 0.29) is 0 Å². The molecule has 0 aliphatic heterocycles. The SMILES string of the molecule is C=C(C)c1ccc(-c2ccnc3nc(-c4n[nH]c5ccc(-c6cncc(NC(C)C)c6)nc45)[nH]c23)s1. The predicted octanol–water partition coefficient (Wildman–Crippen LogP) is 6.54. The molecule has 0 bridgehead atoms. The van der Waals surface area contributed by atoms with Gasteiger partial charge in [0.1, 0.15) is 5.52 Å². The van der Waals surface area contributed by atoms with Gasteiger partial charge in [-0.15, -0.1) is 11.3 Å². The summed E-state index contributed by atoms with van der Waals surface area (Å²) < 4.78 is 0. The van der Waals surface area contributed by atoms with Crippen LogP contribution in [0.1, 0.15) is 25.6 Å². The number of nitrogens with zero attached hydrogens (tertiary/aromatic N) is 5. The summed E-state index contributed by atoms with van der Waals surface area (Å²) in [5.74, 6) is 0.617. The molecule has 6 rings (SSSR count). The summed E-state index contributed by atoms with van der Waals surface area (Å²) in [5.41, 5.74) is 8.50. The first-order valence-electron chi connectivity index (χ1n) is 11.6. The Kier molecular flexibility index (Phi) is 5.34. The number of aromatic nitrogens is 7. The van der Waals surface area contributed by atoms with Crippen LogP contribution >= 0.6 is 11.3 Å². The van der Waals surface area contributed by atoms with Gasteiger partial charge in [0.05, 0.1) is 22.4 Å². The second kappa shape index (κ2) is 8.69. The maximum Gasteiger partial charge on any atom is 0.178 e. The Morgan fingerprint density at radius 2 is 1.97 bits per heavy atom. The van der Waals surface area contributed by atoms with Crippen LogP contribution in [-0.2, 0) is 0 Å². The zero-order chi connectivity index (χ0) is 24.8. The van der Waals surface area contributed by atoms with Gasteiger partial charge in [-0.2, -0.15) is 5.10 Å². The van der Waals surface area contributed by atoms with Crippen LogP contribution in [-0.4, -0.2) is 41.2 Å². The van der Waals surface area contributed by atoms with Crippen LogP contribution in [0.25, 0.3) is 61.0 Å². The molecule has 0 saturated carbocycles. The summed E-state index contributed by atoms with van der Waals surface area (Å²) in [5, 5.41) is 11.0. The monoisotopic (exact) mass is 492 g/mol. The van der Waals surface area contributed by atoms with E-state index in [0.29, 0.717) is 23.2 Å². The third-order valence-electron chi connectivity index (χ3n) is 5.81. The highest BCUT2D eigenvalue weighted by Gasteiger charge is 2.18. The summed E-state index contributed by atoms with van der Waals surface area (Å²) in [4.78, 5) is 24.3. The van der Waals surface area contributed by atoms with E-state index < -0.39 is 0 Å². The van der Waals surface area contributed by atoms with Gasteiger partial charge in [-0.1, -0.05) is 6.58 Å². The smallest absolute Gasteiger partial charge is 0.178 e. The largest absolute Gasteiger partial charge is 0.382 e. The van der Waals surface area contributed by atoms with Crippen molar-refractivity contribution < 1.29 is 0 Å². The van der Waals surface area contributed by atoms with Crippen molar-refractivity contribution >= 4 is 44.8 Å². The van der Waals surface area contributed by atoms with Crippen molar-refractivity contribution in [2.75, 3.05) is 5.32 Å². The van der Waals surface area contributed by atoms with Gasteiger partial charge in [0, 0.05) is 45.5 Å². The molecule has 0 unspecified atom stereocenters. The van der Waals surface area contributed by atoms with Gasteiger partial charge < -0.3 is 10.3 Å². The first-order chi connectivity index (χ1) is 17.5. The number of anilines is 1. The van der Waals surface area contributed by atoms with E-state index >= 15 is 0 Å². The molecule has 6 aromatic heterocycles. The van der Waals surface area contributed by atoms with Crippen molar-refractivity contribution in [1.29, 1.82) is 0 Å². The molecule has 178 valence electrons. The lowest BCUT2D eigenvalue weighted by molar-refractivity contribution is 0.898. The third-order valence-corrected chi connectivity index (χ3v) is 7.09. The van der Waals surface area contributed by atoms with Crippen LogP contribution in [0.5, 0.6) is 0 Å². The summed E-state index contributed by atoms with van der Waals surface area (Å²) >= 11 is 1.70. The predicted molar refractivity (Wildman–Crippen MR) is 147 cm³/mol. The molecule has 6 aromatic rings. The molecule has 0 atom stereocenters. The van der Waals surface area contributed by atoms with Gasteiger partial charge in [-0.3, -0.25) is 10.1 Å². The van der Waals surface area contributed by atoms with Gasteiger partial charge >= 0.3 is 0 Å². The molecule has 0 spiro atoms. The fourth-order valence-electron chi connectivity index (χ4n) is 4.16. The summed E-state index contributed by atoms with van der Waals surface area (Å²) in [6.45, 7) is 10.3. The topological polar surface area (TPSA) is 108 Å². The quantitative estimate of drug-likeness (QED) is 0.244. The minimum absolute atomic E-state index is 0.311. The van der Waals surface area contributed by atoms with E-state index in [4.69, 9.17) is 9.97 Å². The third kappa shape index (κ3) is 3.93. The fourth-order valence-corrected chi connectivity index (χ4v) is 5.12. The highest BCUT2D eigenvalue weighted by Crippen LogP contribution is 2.35. The number of aromatic amines is 2. The van der Waals surface area contributed by atoms with Gasteiger partial charge in [-0.25, -0.2) is 15.0 Å². The van der Waals surface area contributed by atoms with E-state index in [1.165, 1.54) is 0 Å². The van der Waals surface area contributed by atoms with E-state index in [0.717, 1.165) is 54.4 Å². The Hall–Kier alpha value is -4.37. The van der Waals surface area contributed by atoms with Crippen molar-refractivity contribution in [2.45, 2.75) is 26.8 Å². The number of hydrogen-bond donors (Lipinski definition) is 3. The zero-order valence-electron chi connectivity index (χ0n) is 20.1. The van der Waals surface area contributed by atoms with Crippen LogP contribution in [0.15, 0.2) is 61.6 Å². The molecule has 0 amide bonds. The number of hydrogen-bond acceptors (Lipinski definition) is 7. The number of nitrogens with one attached hydrogen (secondary N) is 3. The standard InChI is InChI=1S/C27H24N8S/c1-14(2)21-7-8-22(36-21)18-9-10-29-26-23(18)32-27(33-26)25-24-20(34-35-25)6-5-19(31-24)16-11-17(13-28-12-16)30-15(3)4/h5-13,15,30H,1H2,2-4H3,(H,34,35)(H,29,32,33). The number of pyridine rings is 3. The van der Waals surface area contributed by atoms with Gasteiger partial charge in [-0.05, 0) is 62.7 Å². The lowest BCUT2D eigenvalue weighted by Gasteiger charge is -2.10. The first kappa shape index (κ1) is 22.1. The maximum absolute atomic E-state index is 4.93. The molecular formula is C27H24N8S. The molecule has 0 aliphatic rings. The summed E-state index contributed by atoms with van der Waals surface area (Å²) in [6, 6.07) is 12.5. The highest BCUT2D eigenvalue weighted by molar-refractivity contribution is 7.16. The number of thiophene rings is 1. The number of imidazole rings is 1. The minimum atomic E-state index is 0.311. The van der Waals surface area contributed by atoms with E-state index in [9.17, 15) is 0 Å². The summed E-state index contributed by atoms with van der Waals surface area (Å²) in [7, 11) is 0. The number of fused-ring (bicyclic) bond motifs is 2. The van der Waals surface area contributed by atoms with Crippen LogP contribution in [0, 0.1) is 0 Å². The summed E-state index contributed by atoms with van der Waals surface area (Å²) in [6.07, 6.45) is 5.42. The number of rotatable bonds is 6. The molecule has 0 aromatic carbocycles. The Morgan fingerprint density at radius 1 is 1.08 bits per heavy atom. The number of H-pyrrole nitrogens is 2. The zero-order valence-corrected chi connectivity index (χ0v) is 20.9. The van der Waals surface area contributed by atoms with Crippen LogP contribution in [0.2, 0.25) is 0 Å². The first-order valence-corrected chi connectivity index (χ1v) is 12.5. The molecule has 3 N–H and O–H groups in total. The Balaban J connectivity index is 1.43. The molecule has 0 aliphatic carbocycles. The fraction of sp³-hybridized carbons (Fsp3) is 0.148. The van der Waals surface area contributed by atoms with Crippen LogP contribution in [0.4, 0.5) is 5.69 Å². The van der Waals surface area contributed by atoms with Crippen molar-refractivity contribution in [2.24, 2.45) is 0 Å². The molecule has 9 heteroatoms. The molecule has 0 saturated heterocycles. The van der Waals surface area contributed by atoms with Crippen molar-refractivity contribution in [3.05, 3.63) is 66.4 Å².